The van der Waals surface area contributed by atoms with Crippen LogP contribution in [-0.2, 0) is 13.0 Å². The SMILES string of the molecule is Cc1ccc(Cn2c(CCNC(=O)Nc3ccc(Br)cc3F)nc3cccnc32)cc1. The van der Waals surface area contributed by atoms with Gasteiger partial charge in [-0.1, -0.05) is 45.8 Å². The van der Waals surface area contributed by atoms with Crippen molar-refractivity contribution in [3.05, 3.63) is 88.0 Å². The Morgan fingerprint density at radius 2 is 1.97 bits per heavy atom. The van der Waals surface area contributed by atoms with Crippen molar-refractivity contribution in [2.45, 2.75) is 19.9 Å². The van der Waals surface area contributed by atoms with Crippen LogP contribution in [0.4, 0.5) is 14.9 Å². The van der Waals surface area contributed by atoms with Crippen molar-refractivity contribution < 1.29 is 9.18 Å². The van der Waals surface area contributed by atoms with Gasteiger partial charge >= 0.3 is 6.03 Å². The standard InChI is InChI=1S/C23H21BrFN5O/c1-15-4-6-16(7-5-15)14-30-21(28-20-3-2-11-26-22(20)30)10-12-27-23(31)29-19-9-8-17(24)13-18(19)25/h2-9,11,13H,10,12,14H2,1H3,(H2,27,29,31). The van der Waals surface area contributed by atoms with Crippen molar-refractivity contribution in [3.63, 3.8) is 0 Å². The van der Waals surface area contributed by atoms with Crippen LogP contribution in [0.5, 0.6) is 0 Å². The molecule has 0 bridgehead atoms. The number of carbonyl (C=O) groups excluding carboxylic acids is 1. The number of pyridine rings is 1. The third kappa shape index (κ3) is 5.08. The third-order valence-corrected chi connectivity index (χ3v) is 5.35. The first-order chi connectivity index (χ1) is 15.0. The first kappa shape index (κ1) is 21.0. The Labute approximate surface area is 187 Å². The Hall–Kier alpha value is -3.26. The molecule has 0 aliphatic heterocycles. The summed E-state index contributed by atoms with van der Waals surface area (Å²) in [6.45, 7) is 3.04. The number of halogens is 2. The molecule has 31 heavy (non-hydrogen) atoms. The molecular formula is C23H21BrFN5O. The fourth-order valence-electron chi connectivity index (χ4n) is 3.28. The Morgan fingerprint density at radius 1 is 1.16 bits per heavy atom. The van der Waals surface area contributed by atoms with E-state index in [1.807, 2.05) is 12.1 Å². The van der Waals surface area contributed by atoms with Gasteiger partial charge in [0.1, 0.15) is 17.2 Å². The van der Waals surface area contributed by atoms with Crippen molar-refractivity contribution in [3.8, 4) is 0 Å². The number of benzene rings is 2. The first-order valence-corrected chi connectivity index (χ1v) is 10.6. The fourth-order valence-corrected chi connectivity index (χ4v) is 3.62. The average molecular weight is 482 g/mol. The number of carbonyl (C=O) groups is 1. The van der Waals surface area contributed by atoms with Crippen molar-refractivity contribution in [1.82, 2.24) is 19.9 Å². The van der Waals surface area contributed by atoms with Gasteiger partial charge < -0.3 is 15.2 Å². The monoisotopic (exact) mass is 481 g/mol. The van der Waals surface area contributed by atoms with E-state index < -0.39 is 11.8 Å². The predicted molar refractivity (Wildman–Crippen MR) is 123 cm³/mol. The maximum absolute atomic E-state index is 13.9. The molecule has 158 valence electrons. The van der Waals surface area contributed by atoms with Gasteiger partial charge in [-0.25, -0.2) is 19.2 Å². The summed E-state index contributed by atoms with van der Waals surface area (Å²) < 4.78 is 16.6. The lowest BCUT2D eigenvalue weighted by atomic mass is 10.1. The molecule has 0 radical (unpaired) electrons. The maximum Gasteiger partial charge on any atom is 0.319 e. The number of hydrogen-bond acceptors (Lipinski definition) is 3. The summed E-state index contributed by atoms with van der Waals surface area (Å²) in [5, 5.41) is 5.29. The normalized spacial score (nSPS) is 10.9. The smallest absolute Gasteiger partial charge is 0.319 e. The molecule has 0 saturated carbocycles. The van der Waals surface area contributed by atoms with Gasteiger partial charge in [0.05, 0.1) is 12.2 Å². The van der Waals surface area contributed by atoms with Crippen molar-refractivity contribution in [2.75, 3.05) is 11.9 Å². The topological polar surface area (TPSA) is 71.8 Å². The Balaban J connectivity index is 1.45. The number of aromatic nitrogens is 3. The van der Waals surface area contributed by atoms with Gasteiger partial charge in [0.2, 0.25) is 0 Å². The first-order valence-electron chi connectivity index (χ1n) is 9.85. The number of hydrogen-bond donors (Lipinski definition) is 2. The number of amides is 2. The van der Waals surface area contributed by atoms with Crippen LogP contribution in [0.25, 0.3) is 11.2 Å². The van der Waals surface area contributed by atoms with E-state index in [2.05, 4.69) is 67.3 Å². The van der Waals surface area contributed by atoms with Crippen LogP contribution < -0.4 is 10.6 Å². The molecule has 0 aliphatic rings. The number of fused-ring (bicyclic) bond motifs is 1. The van der Waals surface area contributed by atoms with Crippen LogP contribution >= 0.6 is 15.9 Å². The minimum Gasteiger partial charge on any atom is -0.337 e. The van der Waals surface area contributed by atoms with Gasteiger partial charge in [-0.3, -0.25) is 0 Å². The zero-order chi connectivity index (χ0) is 21.8. The Kier molecular flexibility index (Phi) is 6.27. The van der Waals surface area contributed by atoms with Gasteiger partial charge in [0.15, 0.2) is 5.65 Å². The van der Waals surface area contributed by atoms with Gasteiger partial charge in [-0.05, 0) is 42.8 Å². The third-order valence-electron chi connectivity index (χ3n) is 4.86. The number of nitrogens with zero attached hydrogens (tertiary/aromatic N) is 3. The number of anilines is 1. The lowest BCUT2D eigenvalue weighted by Gasteiger charge is -2.11. The quantitative estimate of drug-likeness (QED) is 0.404. The highest BCUT2D eigenvalue weighted by atomic mass is 79.9. The maximum atomic E-state index is 13.9. The number of rotatable bonds is 6. The minimum atomic E-state index is -0.504. The van der Waals surface area contributed by atoms with Crippen LogP contribution in [0.1, 0.15) is 17.0 Å². The summed E-state index contributed by atoms with van der Waals surface area (Å²) in [6, 6.07) is 16.1. The van der Waals surface area contributed by atoms with Crippen LogP contribution in [0.3, 0.4) is 0 Å². The van der Waals surface area contributed by atoms with E-state index in [9.17, 15) is 9.18 Å². The molecule has 0 spiro atoms. The van der Waals surface area contributed by atoms with Crippen LogP contribution in [-0.4, -0.2) is 27.1 Å². The molecule has 0 aliphatic carbocycles. The van der Waals surface area contributed by atoms with E-state index in [4.69, 9.17) is 4.98 Å². The summed E-state index contributed by atoms with van der Waals surface area (Å²) in [5.41, 5.74) is 4.09. The van der Waals surface area contributed by atoms with Gasteiger partial charge in [-0.2, -0.15) is 0 Å². The zero-order valence-electron chi connectivity index (χ0n) is 16.9. The Morgan fingerprint density at radius 3 is 2.74 bits per heavy atom. The molecule has 2 amide bonds. The number of nitrogens with one attached hydrogen (secondary N) is 2. The molecular weight excluding hydrogens is 461 g/mol. The van der Waals surface area contributed by atoms with E-state index in [-0.39, 0.29) is 5.69 Å². The summed E-state index contributed by atoms with van der Waals surface area (Å²) >= 11 is 3.20. The number of aryl methyl sites for hydroxylation is 1. The van der Waals surface area contributed by atoms with Crippen molar-refractivity contribution >= 4 is 38.8 Å². The lowest BCUT2D eigenvalue weighted by molar-refractivity contribution is 0.252. The fraction of sp³-hybridized carbons (Fsp3) is 0.174. The minimum absolute atomic E-state index is 0.122. The van der Waals surface area contributed by atoms with Gasteiger partial charge in [0.25, 0.3) is 0 Å². The number of imidazole rings is 1. The molecule has 0 unspecified atom stereocenters. The zero-order valence-corrected chi connectivity index (χ0v) is 18.5. The van der Waals surface area contributed by atoms with Crippen LogP contribution in [0, 0.1) is 12.7 Å². The predicted octanol–water partition coefficient (Wildman–Crippen LogP) is 5.05. The molecule has 2 aromatic heterocycles. The molecule has 2 heterocycles. The van der Waals surface area contributed by atoms with E-state index in [0.717, 1.165) is 22.6 Å². The molecule has 4 aromatic rings. The van der Waals surface area contributed by atoms with Crippen molar-refractivity contribution in [1.29, 1.82) is 0 Å². The van der Waals surface area contributed by atoms with Crippen molar-refractivity contribution in [2.24, 2.45) is 0 Å². The number of urea groups is 1. The molecule has 4 rings (SSSR count). The Bertz CT molecular complexity index is 1220. The highest BCUT2D eigenvalue weighted by Gasteiger charge is 2.13. The van der Waals surface area contributed by atoms with E-state index in [0.29, 0.717) is 24.0 Å². The summed E-state index contributed by atoms with van der Waals surface area (Å²) in [5.74, 6) is 0.319. The van der Waals surface area contributed by atoms with Gasteiger partial charge in [0, 0.05) is 23.6 Å². The van der Waals surface area contributed by atoms with E-state index >= 15 is 0 Å². The molecule has 0 fully saturated rings. The van der Waals surface area contributed by atoms with E-state index in [1.54, 1.807) is 12.3 Å². The highest BCUT2D eigenvalue weighted by molar-refractivity contribution is 9.10. The van der Waals surface area contributed by atoms with Crippen LogP contribution in [0.2, 0.25) is 0 Å². The molecule has 2 N–H and O–H groups in total. The molecule has 2 aromatic carbocycles. The molecule has 8 heteroatoms. The average Bonchev–Trinajstić information content (AvgIpc) is 3.09. The lowest BCUT2D eigenvalue weighted by Crippen LogP contribution is -2.31. The molecule has 0 atom stereocenters. The van der Waals surface area contributed by atoms with E-state index in [1.165, 1.54) is 17.7 Å². The second kappa shape index (κ2) is 9.26. The molecule has 0 saturated heterocycles. The second-order valence-corrected chi connectivity index (χ2v) is 8.12. The second-order valence-electron chi connectivity index (χ2n) is 7.20. The van der Waals surface area contributed by atoms with Crippen LogP contribution in [0.15, 0.2) is 65.3 Å². The summed E-state index contributed by atoms with van der Waals surface area (Å²) in [6.07, 6.45) is 2.26. The highest BCUT2D eigenvalue weighted by Crippen LogP contribution is 2.19. The molecule has 6 nitrogen and oxygen atoms in total. The largest absolute Gasteiger partial charge is 0.337 e. The summed E-state index contributed by atoms with van der Waals surface area (Å²) in [7, 11) is 0. The summed E-state index contributed by atoms with van der Waals surface area (Å²) in [4.78, 5) is 21.4. The van der Waals surface area contributed by atoms with Gasteiger partial charge in [-0.15, -0.1) is 0 Å².